The molecule has 0 unspecified atom stereocenters. The monoisotopic (exact) mass is 590 g/mol. The van der Waals surface area contributed by atoms with Crippen LogP contribution in [0.3, 0.4) is 0 Å². The Morgan fingerprint density at radius 2 is 0.889 bits per heavy atom. The molecule has 0 atom stereocenters. The van der Waals surface area contributed by atoms with Gasteiger partial charge in [-0.25, -0.2) is 0 Å². The van der Waals surface area contributed by atoms with Crippen LogP contribution in [0.15, 0.2) is 158 Å². The van der Waals surface area contributed by atoms with Gasteiger partial charge in [0, 0.05) is 53.1 Å². The summed E-state index contributed by atoms with van der Waals surface area (Å²) >= 11 is 1.87. The highest BCUT2D eigenvalue weighted by Crippen LogP contribution is 2.43. The van der Waals surface area contributed by atoms with Gasteiger partial charge in [0.1, 0.15) is 0 Å². The van der Waals surface area contributed by atoms with E-state index in [0.717, 1.165) is 5.69 Å². The zero-order valence-corrected chi connectivity index (χ0v) is 25.1. The van der Waals surface area contributed by atoms with E-state index in [2.05, 4.69) is 167 Å². The summed E-state index contributed by atoms with van der Waals surface area (Å²) in [5.41, 5.74) is 9.65. The minimum absolute atomic E-state index is 1.16. The highest BCUT2D eigenvalue weighted by atomic mass is 32.1. The van der Waals surface area contributed by atoms with Crippen LogP contribution in [0, 0.1) is 0 Å². The molecule has 0 aliphatic carbocycles. The van der Waals surface area contributed by atoms with Gasteiger partial charge in [-0.1, -0.05) is 109 Å². The molecule has 45 heavy (non-hydrogen) atoms. The molecular formula is C42H26N2S. The Morgan fingerprint density at radius 1 is 0.333 bits per heavy atom. The highest BCUT2D eigenvalue weighted by Gasteiger charge is 2.21. The van der Waals surface area contributed by atoms with Gasteiger partial charge in [0.25, 0.3) is 0 Å². The van der Waals surface area contributed by atoms with Gasteiger partial charge in [0.2, 0.25) is 0 Å². The maximum atomic E-state index is 2.50. The van der Waals surface area contributed by atoms with Crippen molar-refractivity contribution in [3.05, 3.63) is 158 Å². The van der Waals surface area contributed by atoms with Crippen molar-refractivity contribution in [2.75, 3.05) is 0 Å². The molecule has 10 rings (SSSR count). The van der Waals surface area contributed by atoms with E-state index in [4.69, 9.17) is 0 Å². The summed E-state index contributed by atoms with van der Waals surface area (Å²) in [6, 6.07) is 57.7. The number of para-hydroxylation sites is 2. The van der Waals surface area contributed by atoms with Gasteiger partial charge in [-0.3, -0.25) is 0 Å². The Balaban J connectivity index is 1.37. The molecule has 10 aromatic rings. The molecule has 3 heteroatoms. The van der Waals surface area contributed by atoms with Gasteiger partial charge in [0.05, 0.1) is 22.1 Å². The van der Waals surface area contributed by atoms with Crippen LogP contribution < -0.4 is 0 Å². The summed E-state index contributed by atoms with van der Waals surface area (Å²) in [7, 11) is 0. The molecule has 3 heterocycles. The van der Waals surface area contributed by atoms with Crippen LogP contribution in [0.2, 0.25) is 0 Å². The maximum Gasteiger partial charge on any atom is 0.0788 e. The third-order valence-corrected chi connectivity index (χ3v) is 10.5. The van der Waals surface area contributed by atoms with Crippen LogP contribution in [-0.2, 0) is 0 Å². The lowest BCUT2D eigenvalue weighted by molar-refractivity contribution is 1.15. The maximum absolute atomic E-state index is 2.50. The van der Waals surface area contributed by atoms with Crippen molar-refractivity contribution < 1.29 is 0 Å². The molecule has 0 aliphatic rings. The standard InChI is InChI=1S/C42H26N2S/c1-2-11-27(12-3-1)28-13-10-14-29(25-28)43-37-18-7-4-15-31(37)34-22-23-35-32-16-5-8-19-38(32)44(42(35)41(34)43)30-21-24-40-36(26-30)33-17-6-9-20-39(33)45-40/h1-26H. The number of rotatable bonds is 3. The molecule has 0 spiro atoms. The first-order valence-corrected chi connectivity index (χ1v) is 16.2. The Kier molecular flexibility index (Phi) is 5.19. The molecular weight excluding hydrogens is 565 g/mol. The number of nitrogens with zero attached hydrogens (tertiary/aromatic N) is 2. The molecule has 0 fully saturated rings. The van der Waals surface area contributed by atoms with Gasteiger partial charge in [-0.2, -0.15) is 0 Å². The normalized spacial score (nSPS) is 12.0. The minimum Gasteiger partial charge on any atom is -0.307 e. The van der Waals surface area contributed by atoms with Crippen molar-refractivity contribution in [3.8, 4) is 22.5 Å². The first-order valence-electron chi connectivity index (χ1n) is 15.4. The molecule has 3 aromatic heterocycles. The smallest absolute Gasteiger partial charge is 0.0788 e. The SMILES string of the molecule is c1ccc(-c2cccc(-n3c4ccccc4c4ccc5c6ccccc6n(-c6ccc7sc8ccccc8c7c6)c5c43)c2)cc1. The second-order valence-corrected chi connectivity index (χ2v) is 12.8. The van der Waals surface area contributed by atoms with Gasteiger partial charge in [-0.15, -0.1) is 11.3 Å². The van der Waals surface area contributed by atoms with Crippen LogP contribution >= 0.6 is 11.3 Å². The zero-order valence-electron chi connectivity index (χ0n) is 24.3. The Hall–Kier alpha value is -5.64. The number of aromatic nitrogens is 2. The van der Waals surface area contributed by atoms with Crippen molar-refractivity contribution in [3.63, 3.8) is 0 Å². The van der Waals surface area contributed by atoms with E-state index in [9.17, 15) is 0 Å². The van der Waals surface area contributed by atoms with Crippen LogP contribution in [0.25, 0.3) is 86.3 Å². The lowest BCUT2D eigenvalue weighted by Gasteiger charge is -2.14. The molecule has 0 N–H and O–H groups in total. The van der Waals surface area contributed by atoms with Crippen LogP contribution in [0.1, 0.15) is 0 Å². The van der Waals surface area contributed by atoms with Crippen molar-refractivity contribution in [2.24, 2.45) is 0 Å². The van der Waals surface area contributed by atoms with Gasteiger partial charge >= 0.3 is 0 Å². The van der Waals surface area contributed by atoms with Crippen LogP contribution in [-0.4, -0.2) is 9.13 Å². The van der Waals surface area contributed by atoms with Gasteiger partial charge in [0.15, 0.2) is 0 Å². The van der Waals surface area contributed by atoms with E-state index < -0.39 is 0 Å². The summed E-state index contributed by atoms with van der Waals surface area (Å²) in [5, 5.41) is 7.67. The Bertz CT molecular complexity index is 2760. The third kappa shape index (κ3) is 3.56. The van der Waals surface area contributed by atoms with Crippen molar-refractivity contribution in [1.82, 2.24) is 9.13 Å². The molecule has 0 bridgehead atoms. The predicted molar refractivity (Wildman–Crippen MR) is 193 cm³/mol. The molecule has 0 radical (unpaired) electrons. The Morgan fingerprint density at radius 3 is 1.60 bits per heavy atom. The number of thiophene rings is 1. The molecule has 0 saturated carbocycles. The summed E-state index contributed by atoms with van der Waals surface area (Å²) in [6.45, 7) is 0. The predicted octanol–water partition coefficient (Wildman–Crippen LogP) is 11.9. The number of hydrogen-bond acceptors (Lipinski definition) is 1. The summed E-state index contributed by atoms with van der Waals surface area (Å²) in [5.74, 6) is 0. The van der Waals surface area contributed by atoms with Gasteiger partial charge < -0.3 is 9.13 Å². The van der Waals surface area contributed by atoms with E-state index in [1.165, 1.54) is 80.6 Å². The summed E-state index contributed by atoms with van der Waals surface area (Å²) < 4.78 is 7.62. The van der Waals surface area contributed by atoms with Crippen LogP contribution in [0.4, 0.5) is 0 Å². The molecule has 210 valence electrons. The summed E-state index contributed by atoms with van der Waals surface area (Å²) in [6.07, 6.45) is 0. The quantitative estimate of drug-likeness (QED) is 0.194. The average molecular weight is 591 g/mol. The molecule has 0 amide bonds. The number of benzene rings is 7. The number of hydrogen-bond donors (Lipinski definition) is 0. The van der Waals surface area contributed by atoms with Crippen LogP contribution in [0.5, 0.6) is 0 Å². The molecule has 2 nitrogen and oxygen atoms in total. The second kappa shape index (κ2) is 9.43. The van der Waals surface area contributed by atoms with E-state index >= 15 is 0 Å². The first-order chi connectivity index (χ1) is 22.3. The zero-order chi connectivity index (χ0) is 29.5. The second-order valence-electron chi connectivity index (χ2n) is 11.8. The van der Waals surface area contributed by atoms with Crippen molar-refractivity contribution in [2.45, 2.75) is 0 Å². The Labute approximate surface area is 263 Å². The average Bonchev–Trinajstić information content (AvgIpc) is 3.76. The first kappa shape index (κ1) is 24.8. The topological polar surface area (TPSA) is 9.86 Å². The molecule has 0 aliphatic heterocycles. The lowest BCUT2D eigenvalue weighted by atomic mass is 10.1. The third-order valence-electron chi connectivity index (χ3n) is 9.30. The van der Waals surface area contributed by atoms with Crippen molar-refractivity contribution in [1.29, 1.82) is 0 Å². The lowest BCUT2D eigenvalue weighted by Crippen LogP contribution is -1.99. The van der Waals surface area contributed by atoms with Gasteiger partial charge in [-0.05, 0) is 59.7 Å². The minimum atomic E-state index is 1.16. The molecule has 7 aromatic carbocycles. The fourth-order valence-corrected chi connectivity index (χ4v) is 8.43. The van der Waals surface area contributed by atoms with E-state index in [0.29, 0.717) is 0 Å². The van der Waals surface area contributed by atoms with E-state index in [1.54, 1.807) is 0 Å². The van der Waals surface area contributed by atoms with E-state index in [1.807, 2.05) is 11.3 Å². The number of fused-ring (bicyclic) bond motifs is 10. The van der Waals surface area contributed by atoms with Crippen molar-refractivity contribution >= 4 is 75.1 Å². The largest absolute Gasteiger partial charge is 0.307 e. The highest BCUT2D eigenvalue weighted by molar-refractivity contribution is 7.25. The van der Waals surface area contributed by atoms with E-state index in [-0.39, 0.29) is 0 Å². The fourth-order valence-electron chi connectivity index (χ4n) is 7.35. The fraction of sp³-hybridized carbons (Fsp3) is 0. The molecule has 0 saturated heterocycles. The summed E-state index contributed by atoms with van der Waals surface area (Å²) in [4.78, 5) is 0.